The van der Waals surface area contributed by atoms with Crippen LogP contribution in [0, 0.1) is 19.8 Å². The van der Waals surface area contributed by atoms with Gasteiger partial charge in [0.2, 0.25) is 11.8 Å². The molecule has 0 bridgehead atoms. The molecule has 2 atom stereocenters. The summed E-state index contributed by atoms with van der Waals surface area (Å²) in [5.74, 6) is -0.295. The van der Waals surface area contributed by atoms with E-state index in [4.69, 9.17) is 4.74 Å². The van der Waals surface area contributed by atoms with Crippen LogP contribution in [0.4, 0.5) is 5.13 Å². The average Bonchev–Trinajstić information content (AvgIpc) is 3.15. The van der Waals surface area contributed by atoms with Gasteiger partial charge in [0.05, 0.1) is 11.8 Å². The Morgan fingerprint density at radius 1 is 1.46 bits per heavy atom. The Hall–Kier alpha value is -1.47. The molecule has 0 unspecified atom stereocenters. The Morgan fingerprint density at radius 2 is 2.21 bits per heavy atom. The molecule has 134 valence electrons. The van der Waals surface area contributed by atoms with Crippen molar-refractivity contribution in [3.05, 3.63) is 10.6 Å². The van der Waals surface area contributed by atoms with E-state index in [1.807, 2.05) is 27.7 Å². The number of anilines is 1. The molecule has 1 saturated heterocycles. The average molecular weight is 353 g/mol. The zero-order valence-electron chi connectivity index (χ0n) is 14.9. The van der Waals surface area contributed by atoms with Gasteiger partial charge >= 0.3 is 0 Å². The van der Waals surface area contributed by atoms with Gasteiger partial charge in [-0.25, -0.2) is 4.98 Å². The number of ether oxygens (including phenoxy) is 1. The second-order valence-electron chi connectivity index (χ2n) is 6.37. The molecule has 6 nitrogen and oxygen atoms in total. The summed E-state index contributed by atoms with van der Waals surface area (Å²) in [6, 6.07) is 0. The second-order valence-corrected chi connectivity index (χ2v) is 7.58. The van der Waals surface area contributed by atoms with Crippen molar-refractivity contribution in [2.24, 2.45) is 5.92 Å². The molecule has 1 aromatic rings. The summed E-state index contributed by atoms with van der Waals surface area (Å²) in [6.45, 7) is 9.02. The highest BCUT2D eigenvalue weighted by Crippen LogP contribution is 2.21. The van der Waals surface area contributed by atoms with Gasteiger partial charge in [-0.05, 0) is 33.1 Å². The van der Waals surface area contributed by atoms with Crippen LogP contribution >= 0.6 is 11.3 Å². The molecule has 0 spiro atoms. The van der Waals surface area contributed by atoms with Crippen molar-refractivity contribution in [3.63, 3.8) is 0 Å². The fraction of sp³-hybridized carbons (Fsp3) is 0.706. The molecule has 1 aliphatic rings. The van der Waals surface area contributed by atoms with Gasteiger partial charge in [-0.2, -0.15) is 0 Å². The first-order valence-corrected chi connectivity index (χ1v) is 9.36. The number of nitrogens with zero attached hydrogens (tertiary/aromatic N) is 2. The molecule has 2 rings (SSSR count). The van der Waals surface area contributed by atoms with Gasteiger partial charge in [0, 0.05) is 23.9 Å². The molecule has 0 aliphatic carbocycles. The van der Waals surface area contributed by atoms with E-state index >= 15 is 0 Å². The standard InChI is InChI=1S/C17H27N3O3S/c1-5-11(2)16(22)20(9-14-7-6-8-23-14)10-15(21)19-17-18-12(3)13(4)24-17/h11,14H,5-10H2,1-4H3,(H,18,19,21)/t11-,14+/m1/s1. The van der Waals surface area contributed by atoms with Crippen molar-refractivity contribution < 1.29 is 14.3 Å². The summed E-state index contributed by atoms with van der Waals surface area (Å²) in [7, 11) is 0. The third-order valence-electron chi connectivity index (χ3n) is 4.40. The highest BCUT2D eigenvalue weighted by Gasteiger charge is 2.26. The van der Waals surface area contributed by atoms with Gasteiger partial charge in [0.1, 0.15) is 6.54 Å². The molecule has 2 heterocycles. The minimum atomic E-state index is -0.210. The van der Waals surface area contributed by atoms with Crippen LogP contribution in [0.15, 0.2) is 0 Å². The van der Waals surface area contributed by atoms with Crippen LogP contribution in [-0.2, 0) is 14.3 Å². The summed E-state index contributed by atoms with van der Waals surface area (Å²) < 4.78 is 5.63. The summed E-state index contributed by atoms with van der Waals surface area (Å²) in [5.41, 5.74) is 0.919. The van der Waals surface area contributed by atoms with Crippen LogP contribution in [0.5, 0.6) is 0 Å². The van der Waals surface area contributed by atoms with Crippen LogP contribution in [0.1, 0.15) is 43.7 Å². The maximum absolute atomic E-state index is 12.6. The fourth-order valence-corrected chi connectivity index (χ4v) is 3.44. The SMILES string of the molecule is CC[C@@H](C)C(=O)N(CC(=O)Nc1nc(C)c(C)s1)C[C@@H]1CCCO1. The first kappa shape index (κ1) is 18.9. The molecule has 7 heteroatoms. The minimum absolute atomic E-state index is 0.00894. The van der Waals surface area contributed by atoms with Gasteiger partial charge in [-0.15, -0.1) is 11.3 Å². The van der Waals surface area contributed by atoms with Crippen molar-refractivity contribution >= 4 is 28.3 Å². The zero-order chi connectivity index (χ0) is 17.7. The number of carbonyl (C=O) groups excluding carboxylic acids is 2. The predicted molar refractivity (Wildman–Crippen MR) is 95.2 cm³/mol. The van der Waals surface area contributed by atoms with Crippen molar-refractivity contribution in [1.82, 2.24) is 9.88 Å². The van der Waals surface area contributed by atoms with E-state index in [1.54, 1.807) is 4.90 Å². The lowest BCUT2D eigenvalue weighted by Crippen LogP contribution is -2.44. The smallest absolute Gasteiger partial charge is 0.245 e. The first-order chi connectivity index (χ1) is 11.4. The third-order valence-corrected chi connectivity index (χ3v) is 5.39. The molecule has 2 amide bonds. The first-order valence-electron chi connectivity index (χ1n) is 8.55. The lowest BCUT2D eigenvalue weighted by Gasteiger charge is -2.27. The molecule has 0 radical (unpaired) electrons. The summed E-state index contributed by atoms with van der Waals surface area (Å²) in [6.07, 6.45) is 2.75. The molecule has 24 heavy (non-hydrogen) atoms. The van der Waals surface area contributed by atoms with E-state index in [0.717, 1.165) is 36.4 Å². The van der Waals surface area contributed by atoms with Gasteiger partial charge in [-0.1, -0.05) is 13.8 Å². The molecule has 0 aromatic carbocycles. The van der Waals surface area contributed by atoms with Crippen molar-refractivity contribution in [1.29, 1.82) is 0 Å². The second kappa shape index (κ2) is 8.58. The maximum atomic E-state index is 12.6. The molecule has 1 fully saturated rings. The molecular formula is C17H27N3O3S. The Balaban J connectivity index is 1.99. The maximum Gasteiger partial charge on any atom is 0.245 e. The number of hydrogen-bond donors (Lipinski definition) is 1. The van der Waals surface area contributed by atoms with Crippen molar-refractivity contribution in [3.8, 4) is 0 Å². The summed E-state index contributed by atoms with van der Waals surface area (Å²) in [4.78, 5) is 32.0. The van der Waals surface area contributed by atoms with Gasteiger partial charge in [0.25, 0.3) is 0 Å². The number of nitrogens with one attached hydrogen (secondary N) is 1. The number of carbonyl (C=O) groups is 2. The largest absolute Gasteiger partial charge is 0.376 e. The third kappa shape index (κ3) is 5.01. The molecule has 1 N–H and O–H groups in total. The predicted octanol–water partition coefficient (Wildman–Crippen LogP) is 2.75. The normalized spacial score (nSPS) is 18.4. The van der Waals surface area contributed by atoms with E-state index in [0.29, 0.717) is 11.7 Å². The summed E-state index contributed by atoms with van der Waals surface area (Å²) >= 11 is 1.45. The Morgan fingerprint density at radius 3 is 2.75 bits per heavy atom. The fourth-order valence-electron chi connectivity index (χ4n) is 2.61. The van der Waals surface area contributed by atoms with Gasteiger partial charge in [0.15, 0.2) is 5.13 Å². The van der Waals surface area contributed by atoms with Crippen LogP contribution in [-0.4, -0.2) is 47.5 Å². The van der Waals surface area contributed by atoms with Gasteiger partial charge in [-0.3, -0.25) is 9.59 Å². The highest BCUT2D eigenvalue weighted by atomic mass is 32.1. The summed E-state index contributed by atoms with van der Waals surface area (Å²) in [5, 5.41) is 3.39. The van der Waals surface area contributed by atoms with E-state index in [1.165, 1.54) is 11.3 Å². The number of hydrogen-bond acceptors (Lipinski definition) is 5. The lowest BCUT2D eigenvalue weighted by molar-refractivity contribution is -0.139. The highest BCUT2D eigenvalue weighted by molar-refractivity contribution is 7.15. The zero-order valence-corrected chi connectivity index (χ0v) is 15.7. The van der Waals surface area contributed by atoms with Crippen LogP contribution < -0.4 is 5.32 Å². The Labute approximate surface area is 147 Å². The van der Waals surface area contributed by atoms with Crippen molar-refractivity contribution in [2.75, 3.05) is 25.0 Å². The van der Waals surface area contributed by atoms with E-state index in [-0.39, 0.29) is 30.4 Å². The number of aryl methyl sites for hydroxylation is 2. The van der Waals surface area contributed by atoms with Crippen LogP contribution in [0.25, 0.3) is 0 Å². The van der Waals surface area contributed by atoms with Crippen LogP contribution in [0.2, 0.25) is 0 Å². The Bertz CT molecular complexity index is 562. The molecule has 0 saturated carbocycles. The minimum Gasteiger partial charge on any atom is -0.376 e. The van der Waals surface area contributed by atoms with E-state index in [2.05, 4.69) is 10.3 Å². The number of aromatic nitrogens is 1. The number of thiazole rings is 1. The quantitative estimate of drug-likeness (QED) is 0.818. The van der Waals surface area contributed by atoms with Crippen molar-refractivity contribution in [2.45, 2.75) is 53.1 Å². The van der Waals surface area contributed by atoms with Crippen LogP contribution in [0.3, 0.4) is 0 Å². The lowest BCUT2D eigenvalue weighted by atomic mass is 10.1. The number of amides is 2. The monoisotopic (exact) mass is 353 g/mol. The molecular weight excluding hydrogens is 326 g/mol. The van der Waals surface area contributed by atoms with Gasteiger partial charge < -0.3 is 15.0 Å². The number of rotatable bonds is 7. The van der Waals surface area contributed by atoms with E-state index in [9.17, 15) is 9.59 Å². The molecule has 1 aromatic heterocycles. The topological polar surface area (TPSA) is 71.5 Å². The molecule has 1 aliphatic heterocycles. The Kier molecular flexibility index (Phi) is 6.74. The van der Waals surface area contributed by atoms with E-state index < -0.39 is 0 Å².